The van der Waals surface area contributed by atoms with E-state index in [1.807, 2.05) is 27.0 Å². The van der Waals surface area contributed by atoms with Gasteiger partial charge in [0.15, 0.2) is 5.78 Å². The smallest absolute Gasteiger partial charge is 0.178 e. The van der Waals surface area contributed by atoms with Gasteiger partial charge in [0.25, 0.3) is 0 Å². The summed E-state index contributed by atoms with van der Waals surface area (Å²) >= 11 is 0. The number of carbonyl (C=O) groups excluding carboxylic acids is 1. The van der Waals surface area contributed by atoms with Crippen molar-refractivity contribution in [3.63, 3.8) is 0 Å². The van der Waals surface area contributed by atoms with E-state index in [1.165, 1.54) is 0 Å². The highest BCUT2D eigenvalue weighted by Gasteiger charge is 2.25. The second kappa shape index (κ2) is 5.88. The van der Waals surface area contributed by atoms with Crippen LogP contribution in [-0.4, -0.2) is 46.6 Å². The van der Waals surface area contributed by atoms with Gasteiger partial charge >= 0.3 is 0 Å². The van der Waals surface area contributed by atoms with Crippen molar-refractivity contribution in [3.05, 3.63) is 23.0 Å². The van der Waals surface area contributed by atoms with E-state index < -0.39 is 0 Å². The lowest BCUT2D eigenvalue weighted by Gasteiger charge is -2.14. The van der Waals surface area contributed by atoms with Crippen LogP contribution in [0.4, 0.5) is 0 Å². The Labute approximate surface area is 115 Å². The third-order valence-corrected chi connectivity index (χ3v) is 4.35. The number of hydrogen-bond acceptors (Lipinski definition) is 3. The number of carbonyl (C=O) groups is 1. The predicted molar refractivity (Wildman–Crippen MR) is 75.5 cm³/mol. The van der Waals surface area contributed by atoms with Crippen molar-refractivity contribution in [2.45, 2.75) is 26.7 Å². The fourth-order valence-corrected chi connectivity index (χ4v) is 2.90. The Morgan fingerprint density at radius 2 is 2.21 bits per heavy atom. The van der Waals surface area contributed by atoms with E-state index in [0.717, 1.165) is 42.9 Å². The lowest BCUT2D eigenvalue weighted by Crippen LogP contribution is -2.28. The maximum atomic E-state index is 12.3. The predicted octanol–water partition coefficient (Wildman–Crippen LogP) is 1.53. The van der Waals surface area contributed by atoms with Gasteiger partial charge in [-0.1, -0.05) is 0 Å². The SMILES string of the molecule is Cc1cc(C(=O)CN2CCC(CCO)C2)c(C)n1C. The van der Waals surface area contributed by atoms with Gasteiger partial charge in [-0.25, -0.2) is 0 Å². The first-order valence-corrected chi connectivity index (χ1v) is 7.02. The maximum Gasteiger partial charge on any atom is 0.178 e. The molecule has 1 N–H and O–H groups in total. The molecular formula is C15H24N2O2. The molecule has 19 heavy (non-hydrogen) atoms. The highest BCUT2D eigenvalue weighted by molar-refractivity contribution is 5.99. The number of ketones is 1. The molecule has 4 nitrogen and oxygen atoms in total. The zero-order valence-electron chi connectivity index (χ0n) is 12.1. The first-order chi connectivity index (χ1) is 9.02. The average Bonchev–Trinajstić information content (AvgIpc) is 2.90. The van der Waals surface area contributed by atoms with Crippen LogP contribution in [0.2, 0.25) is 0 Å². The van der Waals surface area contributed by atoms with Crippen molar-refractivity contribution in [1.29, 1.82) is 0 Å². The summed E-state index contributed by atoms with van der Waals surface area (Å²) in [5.74, 6) is 0.766. The molecule has 0 aromatic carbocycles. The third-order valence-electron chi connectivity index (χ3n) is 4.35. The second-order valence-corrected chi connectivity index (χ2v) is 5.67. The molecule has 1 aromatic heterocycles. The van der Waals surface area contributed by atoms with E-state index in [4.69, 9.17) is 5.11 Å². The highest BCUT2D eigenvalue weighted by Crippen LogP contribution is 2.20. The van der Waals surface area contributed by atoms with Gasteiger partial charge in [-0.05, 0) is 45.2 Å². The van der Waals surface area contributed by atoms with Crippen LogP contribution in [0.25, 0.3) is 0 Å². The summed E-state index contributed by atoms with van der Waals surface area (Å²) in [7, 11) is 1.99. The van der Waals surface area contributed by atoms with Gasteiger partial charge in [0.2, 0.25) is 0 Å². The summed E-state index contributed by atoms with van der Waals surface area (Å²) in [6.45, 7) is 6.70. The fourth-order valence-electron chi connectivity index (χ4n) is 2.90. The standard InChI is InChI=1S/C15H24N2O2/c1-11-8-14(12(2)16(11)3)15(19)10-17-6-4-13(9-17)5-7-18/h8,13,18H,4-7,9-10H2,1-3H3. The summed E-state index contributed by atoms with van der Waals surface area (Å²) in [6, 6.07) is 1.99. The summed E-state index contributed by atoms with van der Waals surface area (Å²) < 4.78 is 2.06. The minimum Gasteiger partial charge on any atom is -0.396 e. The molecule has 106 valence electrons. The summed E-state index contributed by atoms with van der Waals surface area (Å²) in [6.07, 6.45) is 1.95. The Kier molecular flexibility index (Phi) is 4.42. The normalized spacial score (nSPS) is 20.1. The van der Waals surface area contributed by atoms with E-state index in [1.54, 1.807) is 0 Å². The quantitative estimate of drug-likeness (QED) is 0.820. The average molecular weight is 264 g/mol. The highest BCUT2D eigenvalue weighted by atomic mass is 16.3. The number of aryl methyl sites for hydroxylation is 1. The zero-order valence-corrected chi connectivity index (χ0v) is 12.1. The van der Waals surface area contributed by atoms with E-state index in [9.17, 15) is 4.79 Å². The van der Waals surface area contributed by atoms with Gasteiger partial charge in [0.05, 0.1) is 6.54 Å². The van der Waals surface area contributed by atoms with Crippen molar-refractivity contribution in [3.8, 4) is 0 Å². The Bertz CT molecular complexity index is 465. The summed E-state index contributed by atoms with van der Waals surface area (Å²) in [5, 5.41) is 8.95. The summed E-state index contributed by atoms with van der Waals surface area (Å²) in [5.41, 5.74) is 3.03. The number of aliphatic hydroxyl groups is 1. The Morgan fingerprint density at radius 3 is 2.79 bits per heavy atom. The molecule has 0 spiro atoms. The molecule has 0 bridgehead atoms. The van der Waals surface area contributed by atoms with Crippen LogP contribution in [0, 0.1) is 19.8 Å². The number of likely N-dealkylation sites (tertiary alicyclic amines) is 1. The Hall–Kier alpha value is -1.13. The maximum absolute atomic E-state index is 12.3. The van der Waals surface area contributed by atoms with Crippen molar-refractivity contribution >= 4 is 5.78 Å². The molecule has 0 amide bonds. The van der Waals surface area contributed by atoms with Gasteiger partial charge in [0, 0.05) is 37.2 Å². The molecule has 1 atom stereocenters. The number of Topliss-reactive ketones (excluding diaryl/α,β-unsaturated/α-hetero) is 1. The number of aromatic nitrogens is 1. The first kappa shape index (κ1) is 14.3. The van der Waals surface area contributed by atoms with Crippen molar-refractivity contribution in [1.82, 2.24) is 9.47 Å². The van der Waals surface area contributed by atoms with E-state index in [0.29, 0.717) is 12.5 Å². The van der Waals surface area contributed by atoms with Gasteiger partial charge in [-0.2, -0.15) is 0 Å². The molecule has 1 fully saturated rings. The lowest BCUT2D eigenvalue weighted by molar-refractivity contribution is 0.0942. The minimum atomic E-state index is 0.214. The molecular weight excluding hydrogens is 240 g/mol. The molecule has 1 aromatic rings. The lowest BCUT2D eigenvalue weighted by atomic mass is 10.1. The van der Waals surface area contributed by atoms with Crippen LogP contribution in [-0.2, 0) is 7.05 Å². The largest absolute Gasteiger partial charge is 0.396 e. The van der Waals surface area contributed by atoms with Gasteiger partial charge in [-0.3, -0.25) is 9.69 Å². The molecule has 4 heteroatoms. The van der Waals surface area contributed by atoms with E-state index in [-0.39, 0.29) is 12.4 Å². The molecule has 2 rings (SSSR count). The molecule has 1 aliphatic rings. The molecule has 0 aliphatic carbocycles. The van der Waals surface area contributed by atoms with E-state index in [2.05, 4.69) is 9.47 Å². The van der Waals surface area contributed by atoms with Gasteiger partial charge < -0.3 is 9.67 Å². The van der Waals surface area contributed by atoms with Gasteiger partial charge in [0.1, 0.15) is 0 Å². The monoisotopic (exact) mass is 264 g/mol. The van der Waals surface area contributed by atoms with Crippen LogP contribution in [0.15, 0.2) is 6.07 Å². The molecule has 1 unspecified atom stereocenters. The van der Waals surface area contributed by atoms with Crippen LogP contribution in [0.3, 0.4) is 0 Å². The number of rotatable bonds is 5. The molecule has 0 saturated carbocycles. The molecule has 0 radical (unpaired) electrons. The minimum absolute atomic E-state index is 0.214. The molecule has 1 aliphatic heterocycles. The second-order valence-electron chi connectivity index (χ2n) is 5.67. The Balaban J connectivity index is 1.96. The number of hydrogen-bond donors (Lipinski definition) is 1. The van der Waals surface area contributed by atoms with Crippen molar-refractivity contribution < 1.29 is 9.90 Å². The van der Waals surface area contributed by atoms with Crippen LogP contribution in [0.5, 0.6) is 0 Å². The topological polar surface area (TPSA) is 45.5 Å². The first-order valence-electron chi connectivity index (χ1n) is 7.02. The molecule has 1 saturated heterocycles. The third kappa shape index (κ3) is 3.07. The fraction of sp³-hybridized carbons (Fsp3) is 0.667. The van der Waals surface area contributed by atoms with Crippen molar-refractivity contribution in [2.24, 2.45) is 13.0 Å². The number of aliphatic hydroxyl groups excluding tert-OH is 1. The van der Waals surface area contributed by atoms with Gasteiger partial charge in [-0.15, -0.1) is 0 Å². The van der Waals surface area contributed by atoms with E-state index >= 15 is 0 Å². The zero-order chi connectivity index (χ0) is 14.0. The van der Waals surface area contributed by atoms with Crippen LogP contribution < -0.4 is 0 Å². The Morgan fingerprint density at radius 1 is 1.47 bits per heavy atom. The van der Waals surface area contributed by atoms with Crippen LogP contribution >= 0.6 is 0 Å². The van der Waals surface area contributed by atoms with Crippen molar-refractivity contribution in [2.75, 3.05) is 26.2 Å². The summed E-state index contributed by atoms with van der Waals surface area (Å²) in [4.78, 5) is 14.6. The molecule has 2 heterocycles. The number of nitrogens with zero attached hydrogens (tertiary/aromatic N) is 2. The van der Waals surface area contributed by atoms with Crippen LogP contribution in [0.1, 0.15) is 34.6 Å².